The third-order valence-corrected chi connectivity index (χ3v) is 5.05. The summed E-state index contributed by atoms with van der Waals surface area (Å²) >= 11 is 5.73. The lowest BCUT2D eigenvalue weighted by molar-refractivity contribution is 0.00140. The van der Waals surface area contributed by atoms with E-state index in [0.717, 1.165) is 6.07 Å². The molecule has 0 spiro atoms. The van der Waals surface area contributed by atoms with Crippen molar-refractivity contribution in [1.82, 2.24) is 9.80 Å². The number of ether oxygens (including phenoxy) is 1. The molecule has 1 fully saturated rings. The van der Waals surface area contributed by atoms with Crippen molar-refractivity contribution in [3.8, 4) is 0 Å². The smallest absolute Gasteiger partial charge is 0.256 e. The van der Waals surface area contributed by atoms with Crippen molar-refractivity contribution in [2.24, 2.45) is 0 Å². The zero-order chi connectivity index (χ0) is 20.8. The van der Waals surface area contributed by atoms with Crippen LogP contribution in [0.2, 0.25) is 5.02 Å². The van der Waals surface area contributed by atoms with Crippen molar-refractivity contribution in [2.75, 3.05) is 39.3 Å². The Kier molecular flexibility index (Phi) is 7.55. The number of carbonyl (C=O) groups excluding carboxylic acids is 1. The molecule has 0 bridgehead atoms. The normalized spacial score (nSPS) is 16.1. The van der Waals surface area contributed by atoms with Gasteiger partial charge in [0.05, 0.1) is 24.9 Å². The van der Waals surface area contributed by atoms with Gasteiger partial charge in [0.25, 0.3) is 5.91 Å². The highest BCUT2D eigenvalue weighted by Crippen LogP contribution is 2.17. The molecule has 1 aliphatic rings. The van der Waals surface area contributed by atoms with Crippen LogP contribution in [0.4, 0.5) is 8.78 Å². The lowest BCUT2D eigenvalue weighted by atomic mass is 10.1. The number of aliphatic hydroxyl groups is 1. The van der Waals surface area contributed by atoms with Crippen molar-refractivity contribution >= 4 is 17.5 Å². The first-order valence-corrected chi connectivity index (χ1v) is 9.77. The molecule has 3 rings (SSSR count). The number of benzene rings is 2. The molecule has 0 radical (unpaired) electrons. The molecule has 29 heavy (non-hydrogen) atoms. The van der Waals surface area contributed by atoms with E-state index in [1.165, 1.54) is 18.2 Å². The second kappa shape index (κ2) is 10.1. The van der Waals surface area contributed by atoms with Gasteiger partial charge in [-0.2, -0.15) is 0 Å². The summed E-state index contributed by atoms with van der Waals surface area (Å²) in [5.74, 6) is -1.33. The highest BCUT2D eigenvalue weighted by Gasteiger charge is 2.25. The molecule has 156 valence electrons. The number of piperazine rings is 1. The van der Waals surface area contributed by atoms with E-state index >= 15 is 0 Å². The van der Waals surface area contributed by atoms with E-state index in [2.05, 4.69) is 0 Å². The van der Waals surface area contributed by atoms with Gasteiger partial charge in [0, 0.05) is 43.3 Å². The van der Waals surface area contributed by atoms with E-state index in [-0.39, 0.29) is 35.5 Å². The lowest BCUT2D eigenvalue weighted by Crippen LogP contribution is -2.51. The number of hydrogen-bond acceptors (Lipinski definition) is 4. The van der Waals surface area contributed by atoms with Crippen LogP contribution in [-0.4, -0.2) is 66.2 Å². The van der Waals surface area contributed by atoms with E-state index in [1.54, 1.807) is 23.1 Å². The summed E-state index contributed by atoms with van der Waals surface area (Å²) in [4.78, 5) is 16.1. The molecule has 1 aliphatic heterocycles. The van der Waals surface area contributed by atoms with Crippen molar-refractivity contribution in [3.63, 3.8) is 0 Å². The third-order valence-electron chi connectivity index (χ3n) is 4.82. The van der Waals surface area contributed by atoms with E-state index in [9.17, 15) is 18.7 Å². The fourth-order valence-electron chi connectivity index (χ4n) is 3.24. The molecule has 1 heterocycles. The minimum atomic E-state index is -0.724. The van der Waals surface area contributed by atoms with Crippen molar-refractivity contribution in [3.05, 3.63) is 70.2 Å². The molecule has 1 amide bonds. The Bertz CT molecular complexity index is 844. The Morgan fingerprint density at radius 1 is 1.10 bits per heavy atom. The second-order valence-electron chi connectivity index (χ2n) is 6.98. The fraction of sp³-hybridized carbons (Fsp3) is 0.381. The monoisotopic (exact) mass is 424 g/mol. The molecule has 0 aromatic heterocycles. The van der Waals surface area contributed by atoms with Crippen LogP contribution in [-0.2, 0) is 11.3 Å². The predicted octanol–water partition coefficient (Wildman–Crippen LogP) is 2.95. The summed E-state index contributed by atoms with van der Waals surface area (Å²) in [7, 11) is 0. The van der Waals surface area contributed by atoms with Crippen molar-refractivity contribution in [2.45, 2.75) is 12.7 Å². The van der Waals surface area contributed by atoms with Crippen LogP contribution >= 0.6 is 11.6 Å². The van der Waals surface area contributed by atoms with Gasteiger partial charge in [0.2, 0.25) is 0 Å². The quantitative estimate of drug-likeness (QED) is 0.742. The van der Waals surface area contributed by atoms with E-state index in [0.29, 0.717) is 38.3 Å². The maximum absolute atomic E-state index is 14.0. The maximum Gasteiger partial charge on any atom is 0.256 e. The Morgan fingerprint density at radius 3 is 2.52 bits per heavy atom. The molecular formula is C21H23ClF2N2O3. The summed E-state index contributed by atoms with van der Waals surface area (Å²) in [5, 5.41) is 10.4. The van der Waals surface area contributed by atoms with Gasteiger partial charge < -0.3 is 14.7 Å². The predicted molar refractivity (Wildman–Crippen MR) is 106 cm³/mol. The van der Waals surface area contributed by atoms with Gasteiger partial charge >= 0.3 is 0 Å². The summed E-state index contributed by atoms with van der Waals surface area (Å²) in [6.45, 7) is 2.56. The number of rotatable bonds is 7. The minimum Gasteiger partial charge on any atom is -0.389 e. The van der Waals surface area contributed by atoms with Crippen LogP contribution in [0.25, 0.3) is 0 Å². The average Bonchev–Trinajstić information content (AvgIpc) is 2.69. The summed E-state index contributed by atoms with van der Waals surface area (Å²) < 4.78 is 32.9. The SMILES string of the molecule is O=C(c1ccc(Cl)cc1F)N1CCN(CC(O)COCc2ccccc2F)CC1. The lowest BCUT2D eigenvalue weighted by Gasteiger charge is -2.35. The molecule has 0 saturated carbocycles. The first-order chi connectivity index (χ1) is 13.9. The van der Waals surface area contributed by atoms with Crippen LogP contribution in [0.5, 0.6) is 0 Å². The first kappa shape index (κ1) is 21.6. The van der Waals surface area contributed by atoms with Gasteiger partial charge in [-0.15, -0.1) is 0 Å². The van der Waals surface area contributed by atoms with Gasteiger partial charge in [-0.3, -0.25) is 9.69 Å². The molecule has 2 aromatic rings. The Labute approximate surface area is 173 Å². The molecule has 2 aromatic carbocycles. The molecule has 5 nitrogen and oxygen atoms in total. The third kappa shape index (κ3) is 5.96. The van der Waals surface area contributed by atoms with Crippen LogP contribution in [0, 0.1) is 11.6 Å². The Balaban J connectivity index is 1.41. The van der Waals surface area contributed by atoms with Gasteiger partial charge in [-0.25, -0.2) is 8.78 Å². The topological polar surface area (TPSA) is 53.0 Å². The zero-order valence-corrected chi connectivity index (χ0v) is 16.6. The number of halogens is 3. The number of carbonyl (C=O) groups is 1. The average molecular weight is 425 g/mol. The van der Waals surface area contributed by atoms with Gasteiger partial charge in [-0.05, 0) is 24.3 Å². The fourth-order valence-corrected chi connectivity index (χ4v) is 3.40. The summed E-state index contributed by atoms with van der Waals surface area (Å²) in [6, 6.07) is 10.4. The number of β-amino-alcohol motifs (C(OH)–C–C–N with tert-alkyl or cyclic N) is 1. The van der Waals surface area contributed by atoms with Gasteiger partial charge in [-0.1, -0.05) is 29.8 Å². The minimum absolute atomic E-state index is 0.00410. The molecule has 0 aliphatic carbocycles. The number of aliphatic hydroxyl groups excluding tert-OH is 1. The van der Waals surface area contributed by atoms with Gasteiger partial charge in [0.1, 0.15) is 11.6 Å². The van der Waals surface area contributed by atoms with Crippen molar-refractivity contribution in [1.29, 1.82) is 0 Å². The molecule has 1 atom stereocenters. The van der Waals surface area contributed by atoms with Crippen molar-refractivity contribution < 1.29 is 23.4 Å². The van der Waals surface area contributed by atoms with Crippen LogP contribution in [0.3, 0.4) is 0 Å². The van der Waals surface area contributed by atoms with E-state index in [4.69, 9.17) is 16.3 Å². The molecule has 1 N–H and O–H groups in total. The highest BCUT2D eigenvalue weighted by molar-refractivity contribution is 6.30. The van der Waals surface area contributed by atoms with Crippen LogP contribution < -0.4 is 0 Å². The molecule has 1 saturated heterocycles. The van der Waals surface area contributed by atoms with Crippen LogP contribution in [0.1, 0.15) is 15.9 Å². The summed E-state index contributed by atoms with van der Waals surface area (Å²) in [5.41, 5.74) is 0.450. The Morgan fingerprint density at radius 2 is 1.83 bits per heavy atom. The molecular weight excluding hydrogens is 402 g/mol. The van der Waals surface area contributed by atoms with E-state index in [1.807, 2.05) is 4.90 Å². The summed E-state index contributed by atoms with van der Waals surface area (Å²) in [6.07, 6.45) is -0.724. The zero-order valence-electron chi connectivity index (χ0n) is 15.9. The maximum atomic E-state index is 14.0. The van der Waals surface area contributed by atoms with Crippen LogP contribution in [0.15, 0.2) is 42.5 Å². The number of hydrogen-bond donors (Lipinski definition) is 1. The molecule has 8 heteroatoms. The largest absolute Gasteiger partial charge is 0.389 e. The standard InChI is InChI=1S/C21H23ClF2N2O3/c22-16-5-6-18(20(24)11-16)21(28)26-9-7-25(8-10-26)12-17(27)14-29-13-15-3-1-2-4-19(15)23/h1-6,11,17,27H,7-10,12-14H2. The second-order valence-corrected chi connectivity index (χ2v) is 7.41. The number of nitrogens with zero attached hydrogens (tertiary/aromatic N) is 2. The number of amides is 1. The first-order valence-electron chi connectivity index (χ1n) is 9.40. The van der Waals surface area contributed by atoms with E-state index < -0.39 is 11.9 Å². The molecule has 1 unspecified atom stereocenters. The van der Waals surface area contributed by atoms with Gasteiger partial charge in [0.15, 0.2) is 0 Å². The Hall–Kier alpha value is -2.06. The highest BCUT2D eigenvalue weighted by atomic mass is 35.5.